The molecule has 0 bridgehead atoms. The summed E-state index contributed by atoms with van der Waals surface area (Å²) in [4.78, 5) is 0. The molecule has 2 N–H and O–H groups in total. The maximum Gasteiger partial charge on any atom is 0.231 e. The smallest absolute Gasteiger partial charge is 0.231 e. The fraction of sp³-hybridized carbons (Fsp3) is 1.00. The highest BCUT2D eigenvalue weighted by Gasteiger charge is 2.29. The predicted molar refractivity (Wildman–Crippen MR) is 110 cm³/mol. The van der Waals surface area contributed by atoms with Crippen LogP contribution in [0.15, 0.2) is 0 Å². The molecule has 28 heavy (non-hydrogen) atoms. The Hall–Kier alpha value is 0.890. The van der Waals surface area contributed by atoms with Gasteiger partial charge in [0, 0.05) is 0 Å². The molecular weight excluding hydrogens is 531 g/mol. The van der Waals surface area contributed by atoms with Crippen LogP contribution in [0, 0.1) is 0 Å². The van der Waals surface area contributed by atoms with Crippen LogP contribution in [0.5, 0.6) is 0 Å². The van der Waals surface area contributed by atoms with Crippen LogP contribution in [0.3, 0.4) is 0 Å². The number of hydrogen-bond donors (Lipinski definition) is 2. The Morgan fingerprint density at radius 1 is 0.643 bits per heavy atom. The van der Waals surface area contributed by atoms with Crippen molar-refractivity contribution >= 4 is 43.5 Å². The van der Waals surface area contributed by atoms with Crippen LogP contribution in [0.1, 0.15) is 0 Å². The largest absolute Gasteiger partial charge is 0.394 e. The summed E-state index contributed by atoms with van der Waals surface area (Å²) in [5, 5.41) is 17.1. The van der Waals surface area contributed by atoms with Gasteiger partial charge < -0.3 is 43.4 Å². The summed E-state index contributed by atoms with van der Waals surface area (Å²) >= 11 is 11.5. The number of rotatable bonds is 22. The summed E-state index contributed by atoms with van der Waals surface area (Å²) in [6, 6.07) is 0. The normalized spacial score (nSPS) is 14.9. The number of ether oxygens (including phenoxy) is 7. The lowest BCUT2D eigenvalue weighted by molar-refractivity contribution is -0.0263. The van der Waals surface area contributed by atoms with Gasteiger partial charge in [-0.2, -0.15) is 0 Å². The maximum absolute atomic E-state index is 9.36. The summed E-state index contributed by atoms with van der Waals surface area (Å²) in [5.41, 5.74) is 0. The Bertz CT molecular complexity index is 325. The highest BCUT2D eigenvalue weighted by molar-refractivity contribution is 9.12. The lowest BCUT2D eigenvalue weighted by Crippen LogP contribution is -2.28. The second-order valence-corrected chi connectivity index (χ2v) is 8.25. The molecule has 2 unspecified atom stereocenters. The van der Waals surface area contributed by atoms with Gasteiger partial charge in [-0.05, 0) is 15.9 Å². The molecule has 0 aromatic rings. The van der Waals surface area contributed by atoms with Crippen LogP contribution in [-0.4, -0.2) is 112 Å². The molecule has 12 heteroatoms. The van der Waals surface area contributed by atoms with Crippen molar-refractivity contribution < 1.29 is 43.4 Å². The molecule has 0 aliphatic rings. The molecule has 0 spiro atoms. The summed E-state index contributed by atoms with van der Waals surface area (Å²) in [5.74, 6) is 0. The van der Waals surface area contributed by atoms with Gasteiger partial charge in [0.2, 0.25) is 3.97 Å². The average Bonchev–Trinajstić information content (AvgIpc) is 2.65. The first-order valence-electron chi connectivity index (χ1n) is 8.91. The van der Waals surface area contributed by atoms with Crippen LogP contribution in [0.25, 0.3) is 0 Å². The van der Waals surface area contributed by atoms with E-state index < -0.39 is 8.98 Å². The molecular formula is C16H31Br2ClO9. The SMILES string of the molecule is OCCOCCOCCOCCOCCOCCOCCOC(Br)C(O)(Cl)Br. The molecule has 0 rings (SSSR count). The molecule has 0 saturated heterocycles. The van der Waals surface area contributed by atoms with Crippen LogP contribution >= 0.6 is 43.5 Å². The average molecular weight is 563 g/mol. The molecule has 0 aromatic carbocycles. The summed E-state index contributed by atoms with van der Waals surface area (Å²) in [6.45, 7) is 5.77. The third-order valence-corrected chi connectivity index (χ3v) is 5.28. The second-order valence-electron chi connectivity index (χ2n) is 5.17. The van der Waals surface area contributed by atoms with Crippen molar-refractivity contribution in [3.8, 4) is 0 Å². The minimum Gasteiger partial charge on any atom is -0.394 e. The van der Waals surface area contributed by atoms with E-state index in [4.69, 9.17) is 49.9 Å². The van der Waals surface area contributed by atoms with Gasteiger partial charge in [0.1, 0.15) is 0 Å². The Morgan fingerprint density at radius 3 is 1.21 bits per heavy atom. The molecule has 0 saturated carbocycles. The molecule has 9 nitrogen and oxygen atoms in total. The number of halogens is 3. The van der Waals surface area contributed by atoms with Crippen molar-refractivity contribution in [3.63, 3.8) is 0 Å². The molecule has 0 radical (unpaired) electrons. The molecule has 2 atom stereocenters. The van der Waals surface area contributed by atoms with Crippen molar-refractivity contribution in [2.45, 2.75) is 8.98 Å². The van der Waals surface area contributed by atoms with Gasteiger partial charge in [-0.15, -0.1) is 0 Å². The van der Waals surface area contributed by atoms with E-state index >= 15 is 0 Å². The van der Waals surface area contributed by atoms with E-state index in [1.807, 2.05) is 0 Å². The maximum atomic E-state index is 9.36. The van der Waals surface area contributed by atoms with E-state index in [0.29, 0.717) is 79.3 Å². The van der Waals surface area contributed by atoms with E-state index in [9.17, 15) is 5.11 Å². The summed E-state index contributed by atoms with van der Waals surface area (Å²) in [6.07, 6.45) is 0. The number of aliphatic hydroxyl groups excluding tert-OH is 1. The molecule has 0 aliphatic heterocycles. The van der Waals surface area contributed by atoms with Crippen LogP contribution in [0.4, 0.5) is 0 Å². The monoisotopic (exact) mass is 560 g/mol. The molecule has 0 amide bonds. The fourth-order valence-electron chi connectivity index (χ4n) is 1.58. The van der Waals surface area contributed by atoms with Crippen LogP contribution in [-0.2, 0) is 33.2 Å². The molecule has 0 aliphatic carbocycles. The van der Waals surface area contributed by atoms with Gasteiger partial charge >= 0.3 is 0 Å². The van der Waals surface area contributed by atoms with Crippen molar-refractivity contribution in [1.29, 1.82) is 0 Å². The zero-order valence-corrected chi connectivity index (χ0v) is 19.8. The summed E-state index contributed by atoms with van der Waals surface area (Å²) < 4.78 is 35.3. The van der Waals surface area contributed by atoms with E-state index in [1.165, 1.54) is 0 Å². The van der Waals surface area contributed by atoms with Crippen molar-refractivity contribution in [3.05, 3.63) is 0 Å². The minimum atomic E-state index is -1.65. The first-order chi connectivity index (χ1) is 13.5. The Balaban J connectivity index is 3.09. The zero-order chi connectivity index (χ0) is 20.9. The highest BCUT2D eigenvalue weighted by atomic mass is 79.9. The first-order valence-corrected chi connectivity index (χ1v) is 11.0. The number of aliphatic hydroxyl groups is 2. The van der Waals surface area contributed by atoms with Gasteiger partial charge in [0.15, 0.2) is 5.01 Å². The van der Waals surface area contributed by atoms with Crippen molar-refractivity contribution in [2.75, 3.05) is 92.5 Å². The topological polar surface area (TPSA) is 105 Å². The zero-order valence-electron chi connectivity index (χ0n) is 15.9. The molecule has 170 valence electrons. The number of alkyl halides is 3. The lowest BCUT2D eigenvalue weighted by atomic mass is 10.6. The quantitative estimate of drug-likeness (QED) is 0.148. The fourth-order valence-corrected chi connectivity index (χ4v) is 1.96. The van der Waals surface area contributed by atoms with Crippen LogP contribution in [0.2, 0.25) is 0 Å². The Morgan fingerprint density at radius 2 is 0.929 bits per heavy atom. The third-order valence-electron chi connectivity index (χ3n) is 2.86. The van der Waals surface area contributed by atoms with Gasteiger partial charge in [-0.1, -0.05) is 27.5 Å². The first kappa shape index (κ1) is 28.9. The van der Waals surface area contributed by atoms with Gasteiger partial charge in [0.25, 0.3) is 0 Å². The molecule has 0 heterocycles. The molecule has 0 aromatic heterocycles. The van der Waals surface area contributed by atoms with E-state index in [-0.39, 0.29) is 13.2 Å². The van der Waals surface area contributed by atoms with Gasteiger partial charge in [-0.25, -0.2) is 0 Å². The highest BCUT2D eigenvalue weighted by Crippen LogP contribution is 2.30. The second kappa shape index (κ2) is 21.1. The van der Waals surface area contributed by atoms with E-state index in [0.717, 1.165) is 0 Å². The van der Waals surface area contributed by atoms with Crippen LogP contribution < -0.4 is 0 Å². The molecule has 0 fully saturated rings. The minimum absolute atomic E-state index is 0.0230. The van der Waals surface area contributed by atoms with Crippen molar-refractivity contribution in [2.24, 2.45) is 0 Å². The lowest BCUT2D eigenvalue weighted by Gasteiger charge is -2.19. The Kier molecular flexibility index (Phi) is 21.8. The van der Waals surface area contributed by atoms with Gasteiger partial charge in [-0.3, -0.25) is 0 Å². The standard InChI is InChI=1S/C16H31Br2ClO9/c17-15(16(18,19)21)28-14-13-27-12-11-26-10-9-25-8-7-24-6-5-23-4-3-22-2-1-20/h15,20-21H,1-14H2. The van der Waals surface area contributed by atoms with Crippen molar-refractivity contribution in [1.82, 2.24) is 0 Å². The number of hydrogen-bond acceptors (Lipinski definition) is 9. The predicted octanol–water partition coefficient (Wildman–Crippen LogP) is 1.10. The summed E-state index contributed by atoms with van der Waals surface area (Å²) in [7, 11) is 0. The van der Waals surface area contributed by atoms with Gasteiger partial charge in [0.05, 0.1) is 92.5 Å². The van der Waals surface area contributed by atoms with E-state index in [1.54, 1.807) is 0 Å². The van der Waals surface area contributed by atoms with E-state index in [2.05, 4.69) is 31.9 Å². The third kappa shape index (κ3) is 21.6. The Labute approximate surface area is 188 Å².